The summed E-state index contributed by atoms with van der Waals surface area (Å²) in [6, 6.07) is 1.73. The lowest BCUT2D eigenvalue weighted by Crippen LogP contribution is -2.28. The fraction of sp³-hybridized carbons (Fsp3) is 0.600. The van der Waals surface area contributed by atoms with Gasteiger partial charge in [0.25, 0.3) is 0 Å². The van der Waals surface area contributed by atoms with Crippen LogP contribution >= 0.6 is 0 Å². The second-order valence-electron chi connectivity index (χ2n) is 3.26. The Morgan fingerprint density at radius 2 is 2.33 bits per heavy atom. The first-order chi connectivity index (χ1) is 7.26. The predicted octanol–water partition coefficient (Wildman–Crippen LogP) is 1.18. The lowest BCUT2D eigenvalue weighted by Gasteiger charge is -2.01. The third kappa shape index (κ3) is 4.12. The van der Waals surface area contributed by atoms with Gasteiger partial charge in [-0.15, -0.1) is 0 Å². The Morgan fingerprint density at radius 1 is 1.53 bits per heavy atom. The van der Waals surface area contributed by atoms with Crippen LogP contribution < -0.4 is 10.6 Å². The third-order valence-electron chi connectivity index (χ3n) is 1.90. The largest absolute Gasteiger partial charge is 0.338 e. The van der Waals surface area contributed by atoms with Crippen molar-refractivity contribution in [3.8, 4) is 0 Å². The normalized spacial score (nSPS) is 10.3. The number of hydrogen-bond acceptors (Lipinski definition) is 4. The molecule has 1 rings (SSSR count). The standard InChI is InChI=1S/C10H17N3O2/c1-3-5-11-7-9(14)12-10-6-8(4-2)13-15-10/h6,11H,3-5,7H2,1-2H3,(H,12,14). The molecule has 0 saturated heterocycles. The van der Waals surface area contributed by atoms with Gasteiger partial charge in [0.2, 0.25) is 11.8 Å². The van der Waals surface area contributed by atoms with Gasteiger partial charge in [0.15, 0.2) is 0 Å². The average molecular weight is 211 g/mol. The van der Waals surface area contributed by atoms with E-state index in [2.05, 4.69) is 22.7 Å². The monoisotopic (exact) mass is 211 g/mol. The average Bonchev–Trinajstić information content (AvgIpc) is 2.66. The molecule has 1 aromatic rings. The molecule has 1 aromatic heterocycles. The van der Waals surface area contributed by atoms with Gasteiger partial charge < -0.3 is 9.84 Å². The van der Waals surface area contributed by atoms with E-state index in [9.17, 15) is 4.79 Å². The molecule has 0 saturated carbocycles. The summed E-state index contributed by atoms with van der Waals surface area (Å²) in [6.45, 7) is 5.17. The molecule has 84 valence electrons. The van der Waals surface area contributed by atoms with E-state index in [0.29, 0.717) is 12.4 Å². The van der Waals surface area contributed by atoms with E-state index in [1.54, 1.807) is 6.07 Å². The first-order valence-electron chi connectivity index (χ1n) is 5.22. The van der Waals surface area contributed by atoms with Gasteiger partial charge >= 0.3 is 0 Å². The minimum absolute atomic E-state index is 0.109. The summed E-state index contributed by atoms with van der Waals surface area (Å²) < 4.78 is 4.92. The summed E-state index contributed by atoms with van der Waals surface area (Å²) >= 11 is 0. The minimum Gasteiger partial charge on any atom is -0.338 e. The molecule has 0 aromatic carbocycles. The number of carbonyl (C=O) groups is 1. The summed E-state index contributed by atoms with van der Waals surface area (Å²) in [7, 11) is 0. The maximum Gasteiger partial charge on any atom is 0.240 e. The summed E-state index contributed by atoms with van der Waals surface area (Å²) in [5.41, 5.74) is 0.840. The Morgan fingerprint density at radius 3 is 2.93 bits per heavy atom. The number of nitrogens with one attached hydrogen (secondary N) is 2. The van der Waals surface area contributed by atoms with E-state index in [-0.39, 0.29) is 5.91 Å². The SMILES string of the molecule is CCCNCC(=O)Nc1cc(CC)no1. The Bertz CT molecular complexity index is 309. The van der Waals surface area contributed by atoms with Crippen molar-refractivity contribution in [2.75, 3.05) is 18.4 Å². The first kappa shape index (κ1) is 11.7. The number of rotatable bonds is 6. The first-order valence-corrected chi connectivity index (χ1v) is 5.22. The molecule has 0 atom stereocenters. The highest BCUT2D eigenvalue weighted by Gasteiger charge is 2.06. The molecule has 15 heavy (non-hydrogen) atoms. The molecule has 2 N–H and O–H groups in total. The molecule has 5 heteroatoms. The smallest absolute Gasteiger partial charge is 0.240 e. The summed E-state index contributed by atoms with van der Waals surface area (Å²) in [6.07, 6.45) is 1.81. The fourth-order valence-corrected chi connectivity index (χ4v) is 1.10. The summed E-state index contributed by atoms with van der Waals surface area (Å²) in [4.78, 5) is 11.3. The van der Waals surface area contributed by atoms with Crippen LogP contribution in [-0.4, -0.2) is 24.2 Å². The van der Waals surface area contributed by atoms with Crippen LogP contribution in [-0.2, 0) is 11.2 Å². The molecule has 0 aliphatic rings. The van der Waals surface area contributed by atoms with Crippen molar-refractivity contribution in [3.63, 3.8) is 0 Å². The van der Waals surface area contributed by atoms with Crippen LogP contribution in [0.5, 0.6) is 0 Å². The number of amides is 1. The van der Waals surface area contributed by atoms with Crippen molar-refractivity contribution in [3.05, 3.63) is 11.8 Å². The highest BCUT2D eigenvalue weighted by atomic mass is 16.5. The van der Waals surface area contributed by atoms with E-state index in [4.69, 9.17) is 4.52 Å². The molecule has 1 amide bonds. The number of aryl methyl sites for hydroxylation is 1. The van der Waals surface area contributed by atoms with Crippen LogP contribution in [0, 0.1) is 0 Å². The van der Waals surface area contributed by atoms with Gasteiger partial charge in [-0.3, -0.25) is 10.1 Å². The van der Waals surface area contributed by atoms with Crippen molar-refractivity contribution in [2.24, 2.45) is 0 Å². The van der Waals surface area contributed by atoms with Crippen LogP contribution in [0.4, 0.5) is 5.88 Å². The minimum atomic E-state index is -0.109. The van der Waals surface area contributed by atoms with Crippen LogP contribution in [0.25, 0.3) is 0 Å². The lowest BCUT2D eigenvalue weighted by molar-refractivity contribution is -0.115. The molecule has 0 unspecified atom stereocenters. The number of nitrogens with zero attached hydrogens (tertiary/aromatic N) is 1. The molecule has 0 aliphatic heterocycles. The molecule has 0 bridgehead atoms. The van der Waals surface area contributed by atoms with E-state index in [1.807, 2.05) is 6.92 Å². The van der Waals surface area contributed by atoms with Gasteiger partial charge in [0.05, 0.1) is 12.2 Å². The topological polar surface area (TPSA) is 67.2 Å². The number of carbonyl (C=O) groups excluding carboxylic acids is 1. The van der Waals surface area contributed by atoms with Gasteiger partial charge in [-0.25, -0.2) is 0 Å². The maximum atomic E-state index is 11.3. The van der Waals surface area contributed by atoms with Crippen molar-refractivity contribution < 1.29 is 9.32 Å². The van der Waals surface area contributed by atoms with Crippen LogP contribution in [0.15, 0.2) is 10.6 Å². The Labute approximate surface area is 89.2 Å². The second kappa shape index (κ2) is 6.19. The van der Waals surface area contributed by atoms with Gasteiger partial charge in [-0.2, -0.15) is 0 Å². The molecular weight excluding hydrogens is 194 g/mol. The summed E-state index contributed by atoms with van der Waals surface area (Å²) in [5, 5.41) is 9.40. The van der Waals surface area contributed by atoms with Gasteiger partial charge in [0.1, 0.15) is 0 Å². The summed E-state index contributed by atoms with van der Waals surface area (Å²) in [5.74, 6) is 0.303. The van der Waals surface area contributed by atoms with E-state index >= 15 is 0 Å². The highest BCUT2D eigenvalue weighted by Crippen LogP contribution is 2.09. The Hall–Kier alpha value is -1.36. The van der Waals surface area contributed by atoms with Crippen molar-refractivity contribution in [1.29, 1.82) is 0 Å². The fourth-order valence-electron chi connectivity index (χ4n) is 1.10. The molecule has 0 radical (unpaired) electrons. The highest BCUT2D eigenvalue weighted by molar-refractivity contribution is 5.90. The zero-order chi connectivity index (χ0) is 11.1. The maximum absolute atomic E-state index is 11.3. The molecule has 0 aliphatic carbocycles. The molecule has 0 fully saturated rings. The molecule has 0 spiro atoms. The van der Waals surface area contributed by atoms with E-state index in [1.165, 1.54) is 0 Å². The second-order valence-corrected chi connectivity index (χ2v) is 3.26. The van der Waals surface area contributed by atoms with Gasteiger partial charge in [-0.1, -0.05) is 19.0 Å². The van der Waals surface area contributed by atoms with Crippen molar-refractivity contribution in [2.45, 2.75) is 26.7 Å². The molecule has 1 heterocycles. The molecule has 5 nitrogen and oxygen atoms in total. The predicted molar refractivity (Wildman–Crippen MR) is 57.7 cm³/mol. The van der Waals surface area contributed by atoms with Crippen molar-refractivity contribution >= 4 is 11.8 Å². The Kier molecular flexibility index (Phi) is 4.83. The number of aromatic nitrogens is 1. The Balaban J connectivity index is 2.31. The zero-order valence-electron chi connectivity index (χ0n) is 9.17. The van der Waals surface area contributed by atoms with Gasteiger partial charge in [0, 0.05) is 6.07 Å². The lowest BCUT2D eigenvalue weighted by atomic mass is 10.3. The molecular formula is C10H17N3O2. The van der Waals surface area contributed by atoms with Crippen molar-refractivity contribution in [1.82, 2.24) is 10.5 Å². The number of anilines is 1. The van der Waals surface area contributed by atoms with Gasteiger partial charge in [-0.05, 0) is 19.4 Å². The number of hydrogen-bond donors (Lipinski definition) is 2. The quantitative estimate of drug-likeness (QED) is 0.693. The van der Waals surface area contributed by atoms with Crippen LogP contribution in [0.1, 0.15) is 26.0 Å². The van der Waals surface area contributed by atoms with E-state index in [0.717, 1.165) is 25.1 Å². The van der Waals surface area contributed by atoms with Crippen LogP contribution in [0.2, 0.25) is 0 Å². The third-order valence-corrected chi connectivity index (χ3v) is 1.90. The van der Waals surface area contributed by atoms with Crippen LogP contribution in [0.3, 0.4) is 0 Å². The zero-order valence-corrected chi connectivity index (χ0v) is 9.17. The van der Waals surface area contributed by atoms with E-state index < -0.39 is 0 Å².